The van der Waals surface area contributed by atoms with Crippen LogP contribution in [0.1, 0.15) is 12.0 Å². The van der Waals surface area contributed by atoms with E-state index < -0.39 is 15.9 Å². The van der Waals surface area contributed by atoms with E-state index in [0.717, 1.165) is 0 Å². The fourth-order valence-corrected chi connectivity index (χ4v) is 3.99. The standard InChI is InChI=1S/C20H26N6O6S/c1-26(8-10-30-2)33(28,29)16-5-3-14(4-6-16)19(25-32-15-7-9-31-13-15)20(27)24-18-12-22-17(21)11-23-18/h3-6,11-12,15H,7-10,13H2,1-2H3,(H2,21,22)(H,23,24,27)/b25-19+/t15-/m1/s1. The number of amides is 1. The number of sulfonamides is 1. The SMILES string of the molecule is COCCN(C)S(=O)(=O)c1ccc(/C(=N\O[C@@H]2CCOC2)C(=O)Nc2cnc(N)cn2)cc1. The van der Waals surface area contributed by atoms with Crippen LogP contribution in [0.25, 0.3) is 0 Å². The predicted octanol–water partition coefficient (Wildman–Crippen LogP) is 0.474. The molecular formula is C20H26N6O6S. The van der Waals surface area contributed by atoms with Crippen molar-refractivity contribution in [1.29, 1.82) is 0 Å². The lowest BCUT2D eigenvalue weighted by Crippen LogP contribution is -2.30. The number of carbonyl (C=O) groups is 1. The monoisotopic (exact) mass is 478 g/mol. The van der Waals surface area contributed by atoms with Gasteiger partial charge in [0, 0.05) is 32.7 Å². The summed E-state index contributed by atoms with van der Waals surface area (Å²) in [6.07, 6.45) is 2.98. The second-order valence-electron chi connectivity index (χ2n) is 7.16. The van der Waals surface area contributed by atoms with Crippen LogP contribution in [0.15, 0.2) is 46.7 Å². The Morgan fingerprint density at radius 1 is 1.30 bits per heavy atom. The highest BCUT2D eigenvalue weighted by Crippen LogP contribution is 2.17. The van der Waals surface area contributed by atoms with Crippen molar-refractivity contribution in [2.45, 2.75) is 17.4 Å². The van der Waals surface area contributed by atoms with Crippen molar-refractivity contribution < 1.29 is 27.5 Å². The minimum Gasteiger partial charge on any atom is -0.389 e. The van der Waals surface area contributed by atoms with Gasteiger partial charge in [0.05, 0.1) is 37.1 Å². The number of hydrogen-bond donors (Lipinski definition) is 2. The van der Waals surface area contributed by atoms with Crippen molar-refractivity contribution in [3.05, 3.63) is 42.2 Å². The molecule has 12 nitrogen and oxygen atoms in total. The number of rotatable bonds is 10. The summed E-state index contributed by atoms with van der Waals surface area (Å²) in [5.74, 6) is -0.232. The molecule has 1 atom stereocenters. The van der Waals surface area contributed by atoms with E-state index in [1.165, 1.54) is 55.1 Å². The highest BCUT2D eigenvalue weighted by atomic mass is 32.2. The maximum atomic E-state index is 12.9. The molecule has 1 amide bonds. The Bertz CT molecular complexity index is 1070. The zero-order valence-corrected chi connectivity index (χ0v) is 19.1. The summed E-state index contributed by atoms with van der Waals surface area (Å²) in [6, 6.07) is 5.77. The number of aromatic nitrogens is 2. The summed E-state index contributed by atoms with van der Waals surface area (Å²) < 4.78 is 36.8. The second-order valence-corrected chi connectivity index (χ2v) is 9.20. The number of oxime groups is 1. The Morgan fingerprint density at radius 2 is 2.06 bits per heavy atom. The number of methoxy groups -OCH3 is 1. The summed E-state index contributed by atoms with van der Waals surface area (Å²) in [5, 5.41) is 6.61. The molecule has 0 bridgehead atoms. The van der Waals surface area contributed by atoms with Crippen LogP contribution >= 0.6 is 0 Å². The Hall–Kier alpha value is -3.13. The minimum atomic E-state index is -3.72. The van der Waals surface area contributed by atoms with Crippen molar-refractivity contribution >= 4 is 33.3 Å². The molecule has 1 aromatic carbocycles. The lowest BCUT2D eigenvalue weighted by Gasteiger charge is -2.17. The molecule has 1 aliphatic rings. The Kier molecular flexibility index (Phi) is 8.27. The number of benzene rings is 1. The van der Waals surface area contributed by atoms with Gasteiger partial charge in [-0.05, 0) is 12.1 Å². The molecule has 0 saturated carbocycles. The molecule has 3 N–H and O–H groups in total. The van der Waals surface area contributed by atoms with E-state index in [4.69, 9.17) is 20.0 Å². The maximum absolute atomic E-state index is 12.9. The molecule has 1 saturated heterocycles. The van der Waals surface area contributed by atoms with Gasteiger partial charge in [-0.15, -0.1) is 0 Å². The van der Waals surface area contributed by atoms with Crippen LogP contribution in [0.4, 0.5) is 11.6 Å². The number of hydrogen-bond acceptors (Lipinski definition) is 10. The van der Waals surface area contributed by atoms with Gasteiger partial charge < -0.3 is 25.4 Å². The highest BCUT2D eigenvalue weighted by Gasteiger charge is 2.23. The molecule has 0 radical (unpaired) electrons. The van der Waals surface area contributed by atoms with Crippen LogP contribution in [-0.4, -0.2) is 80.9 Å². The van der Waals surface area contributed by atoms with Crippen LogP contribution in [0, 0.1) is 0 Å². The molecule has 2 aromatic rings. The third kappa shape index (κ3) is 6.44. The van der Waals surface area contributed by atoms with E-state index in [-0.39, 0.29) is 41.5 Å². The van der Waals surface area contributed by atoms with Crippen molar-refractivity contribution in [2.75, 3.05) is 51.6 Å². The zero-order chi connectivity index (χ0) is 23.8. The maximum Gasteiger partial charge on any atom is 0.279 e. The Morgan fingerprint density at radius 3 is 2.67 bits per heavy atom. The molecule has 13 heteroatoms. The fraction of sp³-hybridized carbons (Fsp3) is 0.400. The number of carbonyl (C=O) groups excluding carboxylic acids is 1. The average Bonchev–Trinajstić information content (AvgIpc) is 3.33. The average molecular weight is 479 g/mol. The smallest absolute Gasteiger partial charge is 0.279 e. The first-order valence-electron chi connectivity index (χ1n) is 10.1. The van der Waals surface area contributed by atoms with Crippen LogP contribution in [0.5, 0.6) is 0 Å². The van der Waals surface area contributed by atoms with Gasteiger partial charge in [0.2, 0.25) is 10.0 Å². The molecule has 0 spiro atoms. The first-order chi connectivity index (χ1) is 15.8. The Balaban J connectivity index is 1.84. The molecule has 33 heavy (non-hydrogen) atoms. The Labute approximate surface area is 191 Å². The largest absolute Gasteiger partial charge is 0.389 e. The first-order valence-corrected chi connectivity index (χ1v) is 11.5. The summed E-state index contributed by atoms with van der Waals surface area (Å²) in [5.41, 5.74) is 5.82. The number of ether oxygens (including phenoxy) is 2. The van der Waals surface area contributed by atoms with Gasteiger partial charge in [0.15, 0.2) is 17.6 Å². The number of anilines is 2. The molecule has 1 fully saturated rings. The van der Waals surface area contributed by atoms with E-state index in [1.807, 2.05) is 0 Å². The quantitative estimate of drug-likeness (QED) is 0.366. The number of nitrogens with zero attached hydrogens (tertiary/aromatic N) is 4. The molecule has 0 aliphatic carbocycles. The van der Waals surface area contributed by atoms with E-state index in [1.54, 1.807) is 0 Å². The number of nitrogen functional groups attached to an aromatic ring is 1. The van der Waals surface area contributed by atoms with Crippen LogP contribution in [-0.2, 0) is 29.1 Å². The van der Waals surface area contributed by atoms with Gasteiger partial charge in [-0.3, -0.25) is 4.79 Å². The summed E-state index contributed by atoms with van der Waals surface area (Å²) >= 11 is 0. The highest BCUT2D eigenvalue weighted by molar-refractivity contribution is 7.89. The van der Waals surface area contributed by atoms with Gasteiger partial charge >= 0.3 is 0 Å². The lowest BCUT2D eigenvalue weighted by molar-refractivity contribution is -0.110. The summed E-state index contributed by atoms with van der Waals surface area (Å²) in [7, 11) is -0.754. The van der Waals surface area contributed by atoms with Crippen LogP contribution < -0.4 is 11.1 Å². The van der Waals surface area contributed by atoms with Crippen molar-refractivity contribution in [3.63, 3.8) is 0 Å². The third-order valence-corrected chi connectivity index (χ3v) is 6.63. The van der Waals surface area contributed by atoms with Crippen molar-refractivity contribution in [2.24, 2.45) is 5.16 Å². The predicted molar refractivity (Wildman–Crippen MR) is 120 cm³/mol. The van der Waals surface area contributed by atoms with Gasteiger partial charge in [0.25, 0.3) is 5.91 Å². The molecule has 2 heterocycles. The molecule has 3 rings (SSSR count). The molecular weight excluding hydrogens is 452 g/mol. The minimum absolute atomic E-state index is 0.0581. The van der Waals surface area contributed by atoms with E-state index in [2.05, 4.69) is 20.4 Å². The third-order valence-electron chi connectivity index (χ3n) is 4.76. The van der Waals surface area contributed by atoms with Gasteiger partial charge in [-0.25, -0.2) is 18.4 Å². The number of nitrogens with one attached hydrogen (secondary N) is 1. The van der Waals surface area contributed by atoms with Crippen LogP contribution in [0.3, 0.4) is 0 Å². The zero-order valence-electron chi connectivity index (χ0n) is 18.3. The van der Waals surface area contributed by atoms with Crippen molar-refractivity contribution in [1.82, 2.24) is 14.3 Å². The van der Waals surface area contributed by atoms with E-state index in [0.29, 0.717) is 25.2 Å². The van der Waals surface area contributed by atoms with E-state index >= 15 is 0 Å². The van der Waals surface area contributed by atoms with Gasteiger partial charge in [0.1, 0.15) is 5.82 Å². The molecule has 0 unspecified atom stereocenters. The normalized spacial score (nSPS) is 16.7. The van der Waals surface area contributed by atoms with Crippen LogP contribution in [0.2, 0.25) is 0 Å². The lowest BCUT2D eigenvalue weighted by atomic mass is 10.1. The summed E-state index contributed by atoms with van der Waals surface area (Å²) in [6.45, 7) is 1.38. The second kappa shape index (κ2) is 11.1. The molecule has 1 aromatic heterocycles. The topological polar surface area (TPSA) is 158 Å². The summed E-state index contributed by atoms with van der Waals surface area (Å²) in [4.78, 5) is 26.3. The fourth-order valence-electron chi connectivity index (χ4n) is 2.83. The first kappa shape index (κ1) is 24.5. The number of likely N-dealkylation sites (N-methyl/N-ethyl adjacent to an activating group) is 1. The molecule has 1 aliphatic heterocycles. The van der Waals surface area contributed by atoms with Crippen molar-refractivity contribution in [3.8, 4) is 0 Å². The van der Waals surface area contributed by atoms with Gasteiger partial charge in [-0.1, -0.05) is 17.3 Å². The molecule has 178 valence electrons. The van der Waals surface area contributed by atoms with E-state index in [9.17, 15) is 13.2 Å². The number of nitrogens with two attached hydrogens (primary N) is 1. The van der Waals surface area contributed by atoms with Gasteiger partial charge in [-0.2, -0.15) is 4.31 Å².